The van der Waals surface area contributed by atoms with Crippen molar-refractivity contribution in [1.29, 1.82) is 0 Å². The zero-order chi connectivity index (χ0) is 17.4. The van der Waals surface area contributed by atoms with E-state index >= 15 is 0 Å². The second-order valence-corrected chi connectivity index (χ2v) is 7.40. The van der Waals surface area contributed by atoms with E-state index in [1.807, 2.05) is 19.1 Å². The molecule has 0 radical (unpaired) electrons. The molecule has 2 aromatic rings. The highest BCUT2D eigenvalue weighted by Crippen LogP contribution is 2.30. The highest BCUT2D eigenvalue weighted by atomic mass is 35.5. The smallest absolute Gasteiger partial charge is 0.270 e. The molecular formula is C17H13ClN2O2S2. The molecule has 1 fully saturated rings. The first kappa shape index (κ1) is 16.8. The quantitative estimate of drug-likeness (QED) is 0.492. The molecule has 122 valence electrons. The van der Waals surface area contributed by atoms with Crippen LogP contribution in [0.1, 0.15) is 15.3 Å². The fourth-order valence-electron chi connectivity index (χ4n) is 2.39. The van der Waals surface area contributed by atoms with Crippen LogP contribution >= 0.6 is 35.2 Å². The molecule has 24 heavy (non-hydrogen) atoms. The molecule has 0 atom stereocenters. The number of benzene rings is 1. The van der Waals surface area contributed by atoms with Crippen LogP contribution in [0.5, 0.6) is 0 Å². The summed E-state index contributed by atoms with van der Waals surface area (Å²) in [6.45, 7) is 3.77. The molecule has 0 unspecified atom stereocenters. The lowest BCUT2D eigenvalue weighted by Crippen LogP contribution is -2.54. The Morgan fingerprint density at radius 3 is 2.62 bits per heavy atom. The Bertz CT molecular complexity index is 902. The fraction of sp³-hybridized carbons (Fsp3) is 0.118. The number of thiocarbonyl (C=S) groups is 1. The van der Waals surface area contributed by atoms with Crippen LogP contribution in [0.3, 0.4) is 0 Å². The average Bonchev–Trinajstić information content (AvgIpc) is 2.93. The van der Waals surface area contributed by atoms with E-state index in [0.29, 0.717) is 10.7 Å². The van der Waals surface area contributed by atoms with Gasteiger partial charge in [-0.25, -0.2) is 0 Å². The summed E-state index contributed by atoms with van der Waals surface area (Å²) in [5.41, 5.74) is 1.33. The number of thiophene rings is 1. The third kappa shape index (κ3) is 3.00. The molecule has 1 aliphatic rings. The number of carbonyl (C=O) groups excluding carboxylic acids is 2. The Balaban J connectivity index is 2.06. The van der Waals surface area contributed by atoms with Crippen LogP contribution in [0.4, 0.5) is 5.69 Å². The molecule has 0 spiro atoms. The van der Waals surface area contributed by atoms with Crippen LogP contribution in [-0.2, 0) is 9.59 Å². The van der Waals surface area contributed by atoms with Gasteiger partial charge in [-0.2, -0.15) is 0 Å². The van der Waals surface area contributed by atoms with Crippen molar-refractivity contribution in [3.63, 3.8) is 0 Å². The Hall–Kier alpha value is -2.02. The van der Waals surface area contributed by atoms with E-state index in [2.05, 4.69) is 5.32 Å². The minimum Gasteiger partial charge on any atom is -0.298 e. The SMILES string of the molecule is Cc1ccc(/C=C2\C(=O)NC(=S)N(c3cccc(Cl)c3C)C2=O)s1. The highest BCUT2D eigenvalue weighted by molar-refractivity contribution is 7.80. The van der Waals surface area contributed by atoms with Gasteiger partial charge in [-0.05, 0) is 62.0 Å². The minimum atomic E-state index is -0.494. The molecule has 3 rings (SSSR count). The number of amides is 2. The molecule has 1 saturated heterocycles. The molecular weight excluding hydrogens is 364 g/mol. The molecule has 7 heteroatoms. The first-order valence-electron chi connectivity index (χ1n) is 7.11. The molecule has 4 nitrogen and oxygen atoms in total. The van der Waals surface area contributed by atoms with E-state index in [4.69, 9.17) is 23.8 Å². The van der Waals surface area contributed by atoms with Crippen LogP contribution < -0.4 is 10.2 Å². The molecule has 0 saturated carbocycles. The van der Waals surface area contributed by atoms with Crippen molar-refractivity contribution in [3.8, 4) is 0 Å². The Morgan fingerprint density at radius 1 is 1.21 bits per heavy atom. The third-order valence-electron chi connectivity index (χ3n) is 3.63. The first-order valence-corrected chi connectivity index (χ1v) is 8.72. The van der Waals surface area contributed by atoms with Crippen molar-refractivity contribution in [2.24, 2.45) is 0 Å². The predicted molar refractivity (Wildman–Crippen MR) is 101 cm³/mol. The van der Waals surface area contributed by atoms with E-state index in [-0.39, 0.29) is 10.7 Å². The molecule has 2 heterocycles. The number of nitrogens with zero attached hydrogens (tertiary/aromatic N) is 1. The number of halogens is 1. The summed E-state index contributed by atoms with van der Waals surface area (Å²) in [6.07, 6.45) is 1.59. The van der Waals surface area contributed by atoms with E-state index in [1.54, 1.807) is 31.2 Å². The maximum absolute atomic E-state index is 12.9. The monoisotopic (exact) mass is 376 g/mol. The summed E-state index contributed by atoms with van der Waals surface area (Å²) < 4.78 is 0. The molecule has 1 N–H and O–H groups in total. The molecule has 1 aromatic heterocycles. The maximum atomic E-state index is 12.9. The summed E-state index contributed by atoms with van der Waals surface area (Å²) in [5, 5.41) is 3.15. The second-order valence-electron chi connectivity index (χ2n) is 5.29. The van der Waals surface area contributed by atoms with Crippen LogP contribution in [0.25, 0.3) is 6.08 Å². The average molecular weight is 377 g/mol. The lowest BCUT2D eigenvalue weighted by molar-refractivity contribution is -0.122. The normalized spacial score (nSPS) is 16.7. The van der Waals surface area contributed by atoms with Crippen molar-refractivity contribution >= 4 is 63.8 Å². The predicted octanol–water partition coefficient (Wildman–Crippen LogP) is 3.85. The van der Waals surface area contributed by atoms with E-state index in [1.165, 1.54) is 16.2 Å². The number of anilines is 1. The van der Waals surface area contributed by atoms with Crippen LogP contribution in [0.15, 0.2) is 35.9 Å². The van der Waals surface area contributed by atoms with Crippen LogP contribution in [0.2, 0.25) is 5.02 Å². The van der Waals surface area contributed by atoms with Crippen molar-refractivity contribution in [2.45, 2.75) is 13.8 Å². The number of nitrogens with one attached hydrogen (secondary N) is 1. The first-order chi connectivity index (χ1) is 11.4. The van der Waals surface area contributed by atoms with Crippen molar-refractivity contribution in [2.75, 3.05) is 4.90 Å². The highest BCUT2D eigenvalue weighted by Gasteiger charge is 2.35. The lowest BCUT2D eigenvalue weighted by atomic mass is 10.1. The molecule has 2 amide bonds. The van der Waals surface area contributed by atoms with Gasteiger partial charge in [0, 0.05) is 14.8 Å². The van der Waals surface area contributed by atoms with Gasteiger partial charge in [0.1, 0.15) is 5.57 Å². The Labute approximate surface area is 153 Å². The summed E-state index contributed by atoms with van der Waals surface area (Å²) >= 11 is 12.8. The van der Waals surface area contributed by atoms with Crippen molar-refractivity contribution in [3.05, 3.63) is 56.2 Å². The zero-order valence-corrected chi connectivity index (χ0v) is 15.3. The Kier molecular flexibility index (Phi) is 4.54. The number of hydrogen-bond acceptors (Lipinski definition) is 4. The van der Waals surface area contributed by atoms with Crippen molar-refractivity contribution in [1.82, 2.24) is 5.32 Å². The number of hydrogen-bond donors (Lipinski definition) is 1. The molecule has 1 aliphatic heterocycles. The van der Waals surface area contributed by atoms with Gasteiger partial charge in [-0.1, -0.05) is 17.7 Å². The van der Waals surface area contributed by atoms with Crippen LogP contribution in [-0.4, -0.2) is 16.9 Å². The lowest BCUT2D eigenvalue weighted by Gasteiger charge is -2.30. The number of aryl methyl sites for hydroxylation is 1. The largest absolute Gasteiger partial charge is 0.298 e. The summed E-state index contributed by atoms with van der Waals surface area (Å²) in [5.74, 6) is -0.952. The van der Waals surface area contributed by atoms with Gasteiger partial charge >= 0.3 is 0 Å². The number of rotatable bonds is 2. The second kappa shape index (κ2) is 6.47. The molecule has 0 bridgehead atoms. The van der Waals surface area contributed by atoms with Gasteiger partial charge in [-0.3, -0.25) is 19.8 Å². The summed E-state index contributed by atoms with van der Waals surface area (Å²) in [6, 6.07) is 9.03. The third-order valence-corrected chi connectivity index (χ3v) is 5.27. The Morgan fingerprint density at radius 2 is 1.96 bits per heavy atom. The molecule has 0 aliphatic carbocycles. The minimum absolute atomic E-state index is 0.0461. The van der Waals surface area contributed by atoms with Gasteiger partial charge in [0.25, 0.3) is 11.8 Å². The maximum Gasteiger partial charge on any atom is 0.270 e. The van der Waals surface area contributed by atoms with Crippen LogP contribution in [0, 0.1) is 13.8 Å². The summed E-state index contributed by atoms with van der Waals surface area (Å²) in [4.78, 5) is 28.4. The van der Waals surface area contributed by atoms with Crippen molar-refractivity contribution < 1.29 is 9.59 Å². The van der Waals surface area contributed by atoms with Gasteiger partial charge < -0.3 is 0 Å². The fourth-order valence-corrected chi connectivity index (χ4v) is 3.65. The molecule has 1 aromatic carbocycles. The summed E-state index contributed by atoms with van der Waals surface area (Å²) in [7, 11) is 0. The van der Waals surface area contributed by atoms with E-state index in [0.717, 1.165) is 15.3 Å². The van der Waals surface area contributed by atoms with Gasteiger partial charge in [-0.15, -0.1) is 11.3 Å². The van der Waals surface area contributed by atoms with Gasteiger partial charge in [0.2, 0.25) is 0 Å². The topological polar surface area (TPSA) is 49.4 Å². The standard InChI is InChI=1S/C17H13ClN2O2S2/c1-9-6-7-11(24-9)8-12-15(21)19-17(23)20(16(12)22)14-5-3-4-13(18)10(14)2/h3-8H,1-2H3,(H,19,21,23)/b12-8+. The number of carbonyl (C=O) groups is 2. The van der Waals surface area contributed by atoms with Gasteiger partial charge in [0.05, 0.1) is 5.69 Å². The van der Waals surface area contributed by atoms with Gasteiger partial charge in [0.15, 0.2) is 5.11 Å². The van der Waals surface area contributed by atoms with E-state index < -0.39 is 11.8 Å². The zero-order valence-electron chi connectivity index (χ0n) is 12.9. The van der Waals surface area contributed by atoms with E-state index in [9.17, 15) is 9.59 Å².